The molecule has 2 amide bonds. The number of rotatable bonds is 6. The minimum Gasteiger partial charge on any atom is -0.491 e. The van der Waals surface area contributed by atoms with Gasteiger partial charge >= 0.3 is 0 Å². The van der Waals surface area contributed by atoms with Crippen LogP contribution in [0.25, 0.3) is 0 Å². The molecule has 0 saturated carbocycles. The quantitative estimate of drug-likeness (QED) is 0.865. The second kappa shape index (κ2) is 8.67. The molecule has 6 nitrogen and oxygen atoms in total. The fraction of sp³-hybridized carbons (Fsp3) is 0.250. The molecule has 26 heavy (non-hydrogen) atoms. The van der Waals surface area contributed by atoms with Crippen LogP contribution in [0.3, 0.4) is 0 Å². The maximum atomic E-state index is 12.3. The number of hydrogen-bond donors (Lipinski definition) is 1. The zero-order valence-electron chi connectivity index (χ0n) is 15.0. The largest absolute Gasteiger partial charge is 0.491 e. The van der Waals surface area contributed by atoms with Crippen molar-refractivity contribution < 1.29 is 14.3 Å². The van der Waals surface area contributed by atoms with Crippen LogP contribution >= 0.6 is 0 Å². The number of carbonyl (C=O) groups excluding carboxylic acids is 2. The van der Waals surface area contributed by atoms with Crippen LogP contribution in [-0.2, 0) is 9.59 Å². The molecule has 0 saturated heterocycles. The molecule has 0 aromatic heterocycles. The number of amides is 2. The first-order chi connectivity index (χ1) is 12.4. The van der Waals surface area contributed by atoms with E-state index in [0.29, 0.717) is 16.9 Å². The minimum atomic E-state index is -0.333. The zero-order chi connectivity index (χ0) is 19.1. The molecule has 1 N–H and O–H groups in total. The van der Waals surface area contributed by atoms with Crippen molar-refractivity contribution in [2.24, 2.45) is 0 Å². The lowest BCUT2D eigenvalue weighted by molar-refractivity contribution is -0.120. The van der Waals surface area contributed by atoms with Crippen LogP contribution in [0.15, 0.2) is 48.5 Å². The Labute approximate surface area is 153 Å². The zero-order valence-corrected chi connectivity index (χ0v) is 15.0. The second-order valence-electron chi connectivity index (χ2n) is 6.01. The Hall–Kier alpha value is -3.33. The van der Waals surface area contributed by atoms with Gasteiger partial charge in [-0.05, 0) is 56.3 Å². The highest BCUT2D eigenvalue weighted by Gasteiger charge is 2.16. The summed E-state index contributed by atoms with van der Waals surface area (Å²) in [6.45, 7) is 5.11. The fourth-order valence-corrected chi connectivity index (χ4v) is 2.36. The molecule has 0 aliphatic heterocycles. The molecule has 0 spiro atoms. The van der Waals surface area contributed by atoms with E-state index in [1.165, 1.54) is 11.8 Å². The lowest BCUT2D eigenvalue weighted by Gasteiger charge is -2.21. The first-order valence-corrected chi connectivity index (χ1v) is 8.24. The Morgan fingerprint density at radius 1 is 1.19 bits per heavy atom. The summed E-state index contributed by atoms with van der Waals surface area (Å²) in [4.78, 5) is 25.6. The van der Waals surface area contributed by atoms with Gasteiger partial charge in [-0.15, -0.1) is 0 Å². The number of hydrogen-bond acceptors (Lipinski definition) is 4. The normalized spacial score (nSPS) is 10.1. The standard InChI is InChI=1S/C20H21N3O3/c1-14(2)26-19-9-7-17(8-10-19)22-20(25)13-23(15(3)24)18-6-4-5-16(11-18)12-21/h4-11,14H,13H2,1-3H3,(H,22,25). The molecular formula is C20H21N3O3. The van der Waals surface area contributed by atoms with Crippen LogP contribution in [0, 0.1) is 11.3 Å². The average molecular weight is 351 g/mol. The molecular weight excluding hydrogens is 330 g/mol. The number of ether oxygens (including phenoxy) is 1. The molecule has 134 valence electrons. The number of anilines is 2. The molecule has 6 heteroatoms. The van der Waals surface area contributed by atoms with Gasteiger partial charge in [-0.2, -0.15) is 5.26 Å². The Morgan fingerprint density at radius 3 is 2.46 bits per heavy atom. The van der Waals surface area contributed by atoms with E-state index < -0.39 is 0 Å². The Kier molecular flexibility index (Phi) is 6.34. The summed E-state index contributed by atoms with van der Waals surface area (Å²) < 4.78 is 5.56. The fourth-order valence-electron chi connectivity index (χ4n) is 2.36. The van der Waals surface area contributed by atoms with Crippen molar-refractivity contribution in [2.75, 3.05) is 16.8 Å². The van der Waals surface area contributed by atoms with Crippen molar-refractivity contribution >= 4 is 23.2 Å². The van der Waals surface area contributed by atoms with E-state index >= 15 is 0 Å². The van der Waals surface area contributed by atoms with E-state index in [-0.39, 0.29) is 24.5 Å². The third kappa shape index (κ3) is 5.35. The SMILES string of the molecule is CC(=O)N(CC(=O)Nc1ccc(OC(C)C)cc1)c1cccc(C#N)c1. The molecule has 0 unspecified atom stereocenters. The third-order valence-corrected chi connectivity index (χ3v) is 3.48. The van der Waals surface area contributed by atoms with Crippen molar-refractivity contribution in [3.63, 3.8) is 0 Å². The highest BCUT2D eigenvalue weighted by Crippen LogP contribution is 2.18. The first-order valence-electron chi connectivity index (χ1n) is 8.24. The van der Waals surface area contributed by atoms with Gasteiger partial charge in [0.1, 0.15) is 12.3 Å². The summed E-state index contributed by atoms with van der Waals surface area (Å²) in [5.74, 6) is 0.104. The summed E-state index contributed by atoms with van der Waals surface area (Å²) in [6, 6.07) is 15.6. The van der Waals surface area contributed by atoms with E-state index in [9.17, 15) is 9.59 Å². The average Bonchev–Trinajstić information content (AvgIpc) is 2.60. The predicted octanol–water partition coefficient (Wildman–Crippen LogP) is 3.34. The van der Waals surface area contributed by atoms with E-state index in [2.05, 4.69) is 5.32 Å². The Bertz CT molecular complexity index is 823. The van der Waals surface area contributed by atoms with Gasteiger partial charge in [0.15, 0.2) is 0 Å². The summed E-state index contributed by atoms with van der Waals surface area (Å²) in [5.41, 5.74) is 1.54. The minimum absolute atomic E-state index is 0.0729. The highest BCUT2D eigenvalue weighted by molar-refractivity contribution is 6.01. The maximum Gasteiger partial charge on any atom is 0.244 e. The topological polar surface area (TPSA) is 82.4 Å². The van der Waals surface area contributed by atoms with Crippen LogP contribution in [0.4, 0.5) is 11.4 Å². The van der Waals surface area contributed by atoms with Gasteiger partial charge in [0.2, 0.25) is 11.8 Å². The van der Waals surface area contributed by atoms with Crippen LogP contribution in [-0.4, -0.2) is 24.5 Å². The summed E-state index contributed by atoms with van der Waals surface area (Å²) in [6.07, 6.45) is 0.0729. The Morgan fingerprint density at radius 2 is 1.88 bits per heavy atom. The lowest BCUT2D eigenvalue weighted by atomic mass is 10.2. The van der Waals surface area contributed by atoms with Crippen LogP contribution < -0.4 is 15.0 Å². The molecule has 2 rings (SSSR count). The van der Waals surface area contributed by atoms with Gasteiger partial charge in [-0.1, -0.05) is 6.07 Å². The number of nitrogens with zero attached hydrogens (tertiary/aromatic N) is 2. The smallest absolute Gasteiger partial charge is 0.244 e. The molecule has 0 atom stereocenters. The molecule has 0 aliphatic rings. The molecule has 0 bridgehead atoms. The summed E-state index contributed by atoms with van der Waals surface area (Å²) >= 11 is 0. The van der Waals surface area contributed by atoms with Crippen molar-refractivity contribution in [2.45, 2.75) is 26.9 Å². The number of carbonyl (C=O) groups is 2. The van der Waals surface area contributed by atoms with Crippen LogP contribution in [0.5, 0.6) is 5.75 Å². The van der Waals surface area contributed by atoms with Crippen LogP contribution in [0.1, 0.15) is 26.3 Å². The van der Waals surface area contributed by atoms with E-state index in [4.69, 9.17) is 10.00 Å². The van der Waals surface area contributed by atoms with Crippen molar-refractivity contribution in [1.29, 1.82) is 5.26 Å². The van der Waals surface area contributed by atoms with Gasteiger partial charge in [0.05, 0.1) is 17.7 Å². The highest BCUT2D eigenvalue weighted by atomic mass is 16.5. The van der Waals surface area contributed by atoms with E-state index in [1.54, 1.807) is 48.5 Å². The van der Waals surface area contributed by atoms with E-state index in [0.717, 1.165) is 5.75 Å². The summed E-state index contributed by atoms with van der Waals surface area (Å²) in [7, 11) is 0. The second-order valence-corrected chi connectivity index (χ2v) is 6.01. The Balaban J connectivity index is 2.06. The van der Waals surface area contributed by atoms with Gasteiger partial charge < -0.3 is 15.0 Å². The number of nitrogens with one attached hydrogen (secondary N) is 1. The summed E-state index contributed by atoms with van der Waals surface area (Å²) in [5, 5.41) is 11.7. The molecule has 0 heterocycles. The predicted molar refractivity (Wildman–Crippen MR) is 100 cm³/mol. The lowest BCUT2D eigenvalue weighted by Crippen LogP contribution is -2.36. The third-order valence-electron chi connectivity index (χ3n) is 3.48. The number of nitriles is 1. The maximum absolute atomic E-state index is 12.3. The monoisotopic (exact) mass is 351 g/mol. The van der Waals surface area contributed by atoms with Crippen molar-refractivity contribution in [1.82, 2.24) is 0 Å². The van der Waals surface area contributed by atoms with Gasteiger partial charge in [0.25, 0.3) is 0 Å². The van der Waals surface area contributed by atoms with Gasteiger partial charge in [0, 0.05) is 18.3 Å². The number of benzene rings is 2. The van der Waals surface area contributed by atoms with Crippen LogP contribution in [0.2, 0.25) is 0 Å². The van der Waals surface area contributed by atoms with Gasteiger partial charge in [-0.25, -0.2) is 0 Å². The van der Waals surface area contributed by atoms with Crippen molar-refractivity contribution in [3.8, 4) is 11.8 Å². The first kappa shape index (κ1) is 19.0. The molecule has 0 radical (unpaired) electrons. The molecule has 0 fully saturated rings. The van der Waals surface area contributed by atoms with Crippen molar-refractivity contribution in [3.05, 3.63) is 54.1 Å². The molecule has 2 aromatic carbocycles. The van der Waals surface area contributed by atoms with E-state index in [1.807, 2.05) is 19.9 Å². The van der Waals surface area contributed by atoms with Gasteiger partial charge in [-0.3, -0.25) is 9.59 Å². The molecule has 2 aromatic rings. The molecule has 0 aliphatic carbocycles.